The molecule has 0 unspecified atom stereocenters. The highest BCUT2D eigenvalue weighted by molar-refractivity contribution is 7.13. The van der Waals surface area contributed by atoms with Crippen LogP contribution >= 0.6 is 22.7 Å². The van der Waals surface area contributed by atoms with Crippen molar-refractivity contribution in [1.82, 2.24) is 4.98 Å². The number of hydrogen-bond acceptors (Lipinski definition) is 4. The van der Waals surface area contributed by atoms with Gasteiger partial charge in [-0.2, -0.15) is 0 Å². The smallest absolute Gasteiger partial charge is 0.266 e. The van der Waals surface area contributed by atoms with Crippen LogP contribution in [0.25, 0.3) is 12.2 Å². The number of carbonyl (C=O) groups is 1. The minimum Gasteiger partial charge on any atom is -0.313 e. The van der Waals surface area contributed by atoms with Crippen LogP contribution in [0.3, 0.4) is 0 Å². The number of rotatable bonds is 2. The molecule has 106 valence electrons. The average molecular weight is 307 g/mol. The molecule has 2 aromatic heterocycles. The van der Waals surface area contributed by atoms with Gasteiger partial charge < -0.3 is 4.98 Å². The monoisotopic (exact) mass is 307 g/mol. The summed E-state index contributed by atoms with van der Waals surface area (Å²) in [4.78, 5) is 28.8. The third kappa shape index (κ3) is 3.55. The Labute approximate surface area is 125 Å². The Bertz CT molecular complexity index is 800. The molecule has 0 aliphatic heterocycles. The number of ketones is 1. The molecule has 20 heavy (non-hydrogen) atoms. The van der Waals surface area contributed by atoms with Crippen molar-refractivity contribution in [1.29, 1.82) is 0 Å². The number of nitrogens with one attached hydrogen (secondary N) is 1. The summed E-state index contributed by atoms with van der Waals surface area (Å²) in [5.41, 5.74) is -0.579. The molecule has 0 aliphatic rings. The summed E-state index contributed by atoms with van der Waals surface area (Å²) >= 11 is 2.95. The number of thiophene rings is 1. The normalized spacial score (nSPS) is 14.0. The van der Waals surface area contributed by atoms with Crippen LogP contribution in [-0.2, 0) is 4.79 Å². The lowest BCUT2D eigenvalue weighted by Gasteiger charge is -2.12. The maximum absolute atomic E-state index is 11.9. The fourth-order valence-electron chi connectivity index (χ4n) is 1.52. The molecule has 0 fully saturated rings. The molecule has 3 nitrogen and oxygen atoms in total. The Morgan fingerprint density at radius 2 is 1.95 bits per heavy atom. The van der Waals surface area contributed by atoms with Crippen molar-refractivity contribution in [3.63, 3.8) is 0 Å². The Kier molecular flexibility index (Phi) is 4.11. The third-order valence-electron chi connectivity index (χ3n) is 2.72. The average Bonchev–Trinajstić information content (AvgIpc) is 2.86. The molecule has 0 aromatic carbocycles. The van der Waals surface area contributed by atoms with Crippen LogP contribution in [0.2, 0.25) is 0 Å². The zero-order chi connectivity index (χ0) is 14.9. The number of carbonyl (C=O) groups excluding carboxylic acids is 1. The van der Waals surface area contributed by atoms with Crippen molar-refractivity contribution in [3.8, 4) is 0 Å². The van der Waals surface area contributed by atoms with Gasteiger partial charge in [-0.1, -0.05) is 20.8 Å². The molecule has 2 rings (SSSR count). The first-order valence-corrected chi connectivity index (χ1v) is 7.92. The summed E-state index contributed by atoms with van der Waals surface area (Å²) in [6.45, 7) is 7.61. The molecule has 0 spiro atoms. The van der Waals surface area contributed by atoms with Gasteiger partial charge in [-0.15, -0.1) is 22.7 Å². The lowest BCUT2D eigenvalue weighted by atomic mass is 9.91. The second-order valence-corrected chi connectivity index (χ2v) is 8.04. The molecule has 0 saturated heterocycles. The topological polar surface area (TPSA) is 49.9 Å². The zero-order valence-corrected chi connectivity index (χ0v) is 13.6. The predicted molar refractivity (Wildman–Crippen MR) is 85.7 cm³/mol. The number of hydrogen-bond donors (Lipinski definition) is 1. The summed E-state index contributed by atoms with van der Waals surface area (Å²) in [7, 11) is 0. The highest BCUT2D eigenvalue weighted by atomic mass is 32.1. The van der Waals surface area contributed by atoms with Gasteiger partial charge in [-0.05, 0) is 25.1 Å². The lowest BCUT2D eigenvalue weighted by molar-refractivity contribution is -0.119. The van der Waals surface area contributed by atoms with Crippen molar-refractivity contribution in [2.75, 3.05) is 0 Å². The molecule has 0 saturated carbocycles. The van der Waals surface area contributed by atoms with Gasteiger partial charge in [0.1, 0.15) is 0 Å². The van der Waals surface area contributed by atoms with Gasteiger partial charge >= 0.3 is 0 Å². The van der Waals surface area contributed by atoms with E-state index in [1.165, 1.54) is 22.3 Å². The number of Topliss-reactive ketones (excluding diaryl/α,β-unsaturated/α-hetero) is 1. The summed E-state index contributed by atoms with van der Waals surface area (Å²) in [6, 6.07) is 4.01. The number of aryl methyl sites for hydroxylation is 1. The molecule has 0 atom stereocenters. The molecule has 2 heterocycles. The highest BCUT2D eigenvalue weighted by Gasteiger charge is 2.18. The first-order valence-electron chi connectivity index (χ1n) is 6.29. The standard InChI is InChI=1S/C15H17NO2S2/c1-9-5-6-10(19-9)7-11-14(18)16-13(20-11)8-12(17)15(2,3)4/h5-8H,1-4H3,(H,16,18). The van der Waals surface area contributed by atoms with E-state index >= 15 is 0 Å². The molecular weight excluding hydrogens is 290 g/mol. The Hall–Kier alpha value is -1.46. The van der Waals surface area contributed by atoms with E-state index in [9.17, 15) is 9.59 Å². The summed E-state index contributed by atoms with van der Waals surface area (Å²) < 4.78 is 1.23. The molecule has 0 aliphatic carbocycles. The minimum atomic E-state index is -0.435. The van der Waals surface area contributed by atoms with Gasteiger partial charge in [0.25, 0.3) is 5.56 Å². The van der Waals surface area contributed by atoms with Crippen LogP contribution in [0.15, 0.2) is 16.9 Å². The van der Waals surface area contributed by atoms with Gasteiger partial charge in [-0.25, -0.2) is 0 Å². The maximum Gasteiger partial charge on any atom is 0.266 e. The molecule has 0 radical (unpaired) electrons. The Morgan fingerprint density at radius 1 is 1.25 bits per heavy atom. The largest absolute Gasteiger partial charge is 0.313 e. The van der Waals surface area contributed by atoms with Crippen molar-refractivity contribution < 1.29 is 4.79 Å². The van der Waals surface area contributed by atoms with Crippen LogP contribution in [0, 0.1) is 12.3 Å². The van der Waals surface area contributed by atoms with E-state index in [-0.39, 0.29) is 11.3 Å². The summed E-state index contributed by atoms with van der Waals surface area (Å²) in [5.74, 6) is 0.00789. The fourth-order valence-corrected chi connectivity index (χ4v) is 3.29. The van der Waals surface area contributed by atoms with Crippen LogP contribution in [0.1, 0.15) is 30.5 Å². The zero-order valence-electron chi connectivity index (χ0n) is 11.9. The van der Waals surface area contributed by atoms with Gasteiger partial charge in [-0.3, -0.25) is 9.59 Å². The second kappa shape index (κ2) is 5.50. The quantitative estimate of drug-likeness (QED) is 0.923. The molecule has 1 N–H and O–H groups in total. The minimum absolute atomic E-state index is 0.00789. The van der Waals surface area contributed by atoms with E-state index < -0.39 is 5.41 Å². The van der Waals surface area contributed by atoms with E-state index in [2.05, 4.69) is 4.98 Å². The second-order valence-electron chi connectivity index (χ2n) is 5.64. The van der Waals surface area contributed by atoms with Crippen molar-refractivity contribution in [3.05, 3.63) is 41.4 Å². The lowest BCUT2D eigenvalue weighted by Crippen LogP contribution is -2.21. The molecule has 0 amide bonds. The fraction of sp³-hybridized carbons (Fsp3) is 0.333. The van der Waals surface area contributed by atoms with Crippen molar-refractivity contribution in [2.24, 2.45) is 5.41 Å². The highest BCUT2D eigenvalue weighted by Crippen LogP contribution is 2.15. The summed E-state index contributed by atoms with van der Waals surface area (Å²) in [5, 5.41) is 0. The number of aromatic amines is 1. The van der Waals surface area contributed by atoms with Crippen LogP contribution in [0.5, 0.6) is 0 Å². The van der Waals surface area contributed by atoms with Crippen LogP contribution in [0.4, 0.5) is 0 Å². The van der Waals surface area contributed by atoms with E-state index in [1.54, 1.807) is 11.3 Å². The predicted octanol–water partition coefficient (Wildman–Crippen LogP) is 2.03. The number of H-pyrrole nitrogens is 1. The van der Waals surface area contributed by atoms with Crippen LogP contribution in [-0.4, -0.2) is 10.8 Å². The van der Waals surface area contributed by atoms with Gasteiger partial charge in [0.2, 0.25) is 0 Å². The maximum atomic E-state index is 11.9. The SMILES string of the molecule is Cc1ccc(C=c2sc(=CC(=O)C(C)(C)C)[nH]c2=O)s1. The van der Waals surface area contributed by atoms with E-state index in [1.807, 2.05) is 45.9 Å². The first-order chi connectivity index (χ1) is 9.25. The number of thiazole rings is 1. The molecule has 5 heteroatoms. The van der Waals surface area contributed by atoms with E-state index in [0.29, 0.717) is 9.20 Å². The van der Waals surface area contributed by atoms with E-state index in [4.69, 9.17) is 0 Å². The van der Waals surface area contributed by atoms with Crippen LogP contribution < -0.4 is 14.8 Å². The molecule has 2 aromatic rings. The molecule has 0 bridgehead atoms. The van der Waals surface area contributed by atoms with Gasteiger partial charge in [0.15, 0.2) is 5.78 Å². The first kappa shape index (κ1) is 14.9. The number of aromatic nitrogens is 1. The van der Waals surface area contributed by atoms with Gasteiger partial charge in [0.05, 0.1) is 9.20 Å². The van der Waals surface area contributed by atoms with Crippen molar-refractivity contribution >= 4 is 40.6 Å². The Morgan fingerprint density at radius 3 is 2.50 bits per heavy atom. The molecular formula is C15H17NO2S2. The summed E-state index contributed by atoms with van der Waals surface area (Å²) in [6.07, 6.45) is 3.38. The van der Waals surface area contributed by atoms with E-state index in [0.717, 1.165) is 4.88 Å². The Balaban J connectivity index is 2.45. The third-order valence-corrected chi connectivity index (χ3v) is 4.63. The van der Waals surface area contributed by atoms with Gasteiger partial charge in [0, 0.05) is 21.2 Å². The van der Waals surface area contributed by atoms with Crippen molar-refractivity contribution in [2.45, 2.75) is 27.7 Å².